The van der Waals surface area contributed by atoms with E-state index in [9.17, 15) is 0 Å². The Morgan fingerprint density at radius 1 is 1.43 bits per heavy atom. The van der Waals surface area contributed by atoms with Gasteiger partial charge in [0.05, 0.1) is 5.02 Å². The minimum atomic E-state index is 0. The molecule has 1 aromatic heterocycles. The van der Waals surface area contributed by atoms with Gasteiger partial charge in [-0.15, -0.1) is 12.4 Å². The van der Waals surface area contributed by atoms with Crippen LogP contribution < -0.4 is 10.6 Å². The Bertz CT molecular complexity index is 287. The van der Waals surface area contributed by atoms with Crippen LogP contribution in [0.15, 0.2) is 18.5 Å². The Morgan fingerprint density at radius 2 is 2.29 bits per heavy atom. The monoisotopic (exact) mass is 233 g/mol. The van der Waals surface area contributed by atoms with Crippen LogP contribution in [0.4, 0.5) is 0 Å². The van der Waals surface area contributed by atoms with Crippen molar-refractivity contribution in [2.45, 2.75) is 6.04 Å². The van der Waals surface area contributed by atoms with E-state index >= 15 is 0 Å². The number of halogens is 2. The first-order valence-electron chi connectivity index (χ1n) is 4.41. The summed E-state index contributed by atoms with van der Waals surface area (Å²) in [4.78, 5) is 3.96. The molecule has 3 nitrogen and oxygen atoms in total. The molecule has 1 fully saturated rings. The van der Waals surface area contributed by atoms with Crippen LogP contribution in [-0.2, 0) is 0 Å². The van der Waals surface area contributed by atoms with Crippen LogP contribution in [0.3, 0.4) is 0 Å². The van der Waals surface area contributed by atoms with E-state index in [1.165, 1.54) is 0 Å². The number of rotatable bonds is 1. The number of hydrogen-bond donors (Lipinski definition) is 2. The molecule has 0 aromatic carbocycles. The summed E-state index contributed by atoms with van der Waals surface area (Å²) >= 11 is 6.03. The van der Waals surface area contributed by atoms with Gasteiger partial charge >= 0.3 is 0 Å². The van der Waals surface area contributed by atoms with Gasteiger partial charge in [0.25, 0.3) is 0 Å². The van der Waals surface area contributed by atoms with E-state index in [1.54, 1.807) is 12.4 Å². The fourth-order valence-electron chi connectivity index (χ4n) is 1.54. The van der Waals surface area contributed by atoms with Gasteiger partial charge in [0, 0.05) is 38.1 Å². The maximum absolute atomic E-state index is 6.03. The maximum atomic E-state index is 6.03. The van der Waals surface area contributed by atoms with Crippen molar-refractivity contribution in [2.24, 2.45) is 0 Å². The zero-order valence-electron chi connectivity index (χ0n) is 7.66. The average Bonchev–Trinajstić information content (AvgIpc) is 2.20. The Balaban J connectivity index is 0.000000980. The number of nitrogens with zero attached hydrogens (tertiary/aromatic N) is 1. The summed E-state index contributed by atoms with van der Waals surface area (Å²) in [6.45, 7) is 2.95. The minimum absolute atomic E-state index is 0. The molecule has 2 N–H and O–H groups in total. The third-order valence-electron chi connectivity index (χ3n) is 2.22. The molecule has 78 valence electrons. The molecule has 1 saturated heterocycles. The van der Waals surface area contributed by atoms with Gasteiger partial charge in [0.2, 0.25) is 0 Å². The van der Waals surface area contributed by atoms with E-state index in [4.69, 9.17) is 11.6 Å². The van der Waals surface area contributed by atoms with Crippen molar-refractivity contribution in [1.29, 1.82) is 0 Å². The fraction of sp³-hybridized carbons (Fsp3) is 0.444. The van der Waals surface area contributed by atoms with Gasteiger partial charge in [0.1, 0.15) is 0 Å². The van der Waals surface area contributed by atoms with Gasteiger partial charge in [0.15, 0.2) is 0 Å². The first kappa shape index (κ1) is 11.7. The number of pyridine rings is 1. The first-order valence-corrected chi connectivity index (χ1v) is 4.79. The van der Waals surface area contributed by atoms with Crippen LogP contribution in [-0.4, -0.2) is 24.6 Å². The Labute approximate surface area is 94.7 Å². The molecule has 0 bridgehead atoms. The summed E-state index contributed by atoms with van der Waals surface area (Å²) in [6.07, 6.45) is 3.46. The van der Waals surface area contributed by atoms with Crippen LogP contribution in [0.5, 0.6) is 0 Å². The number of nitrogens with one attached hydrogen (secondary N) is 2. The van der Waals surface area contributed by atoms with E-state index in [0.29, 0.717) is 6.04 Å². The van der Waals surface area contributed by atoms with Gasteiger partial charge in [-0.25, -0.2) is 0 Å². The van der Waals surface area contributed by atoms with Gasteiger partial charge in [-0.3, -0.25) is 4.98 Å². The second kappa shape index (κ2) is 5.51. The average molecular weight is 234 g/mol. The van der Waals surface area contributed by atoms with Crippen LogP contribution in [0.25, 0.3) is 0 Å². The van der Waals surface area contributed by atoms with Crippen LogP contribution in [0, 0.1) is 0 Å². The quantitative estimate of drug-likeness (QED) is 0.771. The molecule has 1 atom stereocenters. The third kappa shape index (κ3) is 2.58. The highest BCUT2D eigenvalue weighted by Crippen LogP contribution is 2.21. The summed E-state index contributed by atoms with van der Waals surface area (Å²) in [5, 5.41) is 7.46. The summed E-state index contributed by atoms with van der Waals surface area (Å²) in [6, 6.07) is 2.29. The third-order valence-corrected chi connectivity index (χ3v) is 2.54. The fourth-order valence-corrected chi connectivity index (χ4v) is 1.79. The Morgan fingerprint density at radius 3 is 2.93 bits per heavy atom. The normalized spacial score (nSPS) is 21.4. The lowest BCUT2D eigenvalue weighted by atomic mass is 10.1. The van der Waals surface area contributed by atoms with Crippen molar-refractivity contribution in [3.8, 4) is 0 Å². The molecule has 0 unspecified atom stereocenters. The first-order chi connectivity index (χ1) is 6.38. The van der Waals surface area contributed by atoms with E-state index in [-0.39, 0.29) is 12.4 Å². The number of piperazine rings is 1. The minimum Gasteiger partial charge on any atom is -0.314 e. The SMILES string of the molecule is Cl.Clc1cnccc1[C@H]1CNCCN1. The Hall–Kier alpha value is -0.350. The van der Waals surface area contributed by atoms with E-state index in [2.05, 4.69) is 15.6 Å². The highest BCUT2D eigenvalue weighted by molar-refractivity contribution is 6.31. The van der Waals surface area contributed by atoms with Crippen LogP contribution >= 0.6 is 24.0 Å². The van der Waals surface area contributed by atoms with Gasteiger partial charge < -0.3 is 10.6 Å². The molecule has 1 aliphatic heterocycles. The van der Waals surface area contributed by atoms with Crippen molar-refractivity contribution < 1.29 is 0 Å². The van der Waals surface area contributed by atoms with Gasteiger partial charge in [-0.1, -0.05) is 11.6 Å². The van der Waals surface area contributed by atoms with E-state index in [0.717, 1.165) is 30.2 Å². The summed E-state index contributed by atoms with van der Waals surface area (Å²) in [5.41, 5.74) is 1.13. The lowest BCUT2D eigenvalue weighted by Gasteiger charge is -2.25. The molecule has 14 heavy (non-hydrogen) atoms. The smallest absolute Gasteiger partial charge is 0.0637 e. The second-order valence-corrected chi connectivity index (χ2v) is 3.52. The number of aromatic nitrogens is 1. The zero-order chi connectivity index (χ0) is 9.10. The topological polar surface area (TPSA) is 37.0 Å². The molecule has 0 spiro atoms. The highest BCUT2D eigenvalue weighted by atomic mass is 35.5. The highest BCUT2D eigenvalue weighted by Gasteiger charge is 2.16. The van der Waals surface area contributed by atoms with E-state index < -0.39 is 0 Å². The number of hydrogen-bond acceptors (Lipinski definition) is 3. The van der Waals surface area contributed by atoms with Crippen molar-refractivity contribution >= 4 is 24.0 Å². The molecule has 0 aliphatic carbocycles. The van der Waals surface area contributed by atoms with Gasteiger partial charge in [-0.05, 0) is 11.6 Å². The predicted molar refractivity (Wildman–Crippen MR) is 60.1 cm³/mol. The van der Waals surface area contributed by atoms with Crippen molar-refractivity contribution in [3.63, 3.8) is 0 Å². The second-order valence-electron chi connectivity index (χ2n) is 3.11. The van der Waals surface area contributed by atoms with Crippen LogP contribution in [0.2, 0.25) is 5.02 Å². The molecule has 0 saturated carbocycles. The maximum Gasteiger partial charge on any atom is 0.0637 e. The summed E-state index contributed by atoms with van der Waals surface area (Å²) < 4.78 is 0. The van der Waals surface area contributed by atoms with Crippen molar-refractivity contribution in [1.82, 2.24) is 15.6 Å². The Kier molecular flexibility index (Phi) is 4.62. The van der Waals surface area contributed by atoms with Crippen molar-refractivity contribution in [2.75, 3.05) is 19.6 Å². The summed E-state index contributed by atoms with van der Waals surface area (Å²) in [5.74, 6) is 0. The van der Waals surface area contributed by atoms with Crippen LogP contribution in [0.1, 0.15) is 11.6 Å². The lowest BCUT2D eigenvalue weighted by molar-refractivity contribution is 0.430. The molecule has 5 heteroatoms. The summed E-state index contributed by atoms with van der Waals surface area (Å²) in [7, 11) is 0. The standard InChI is InChI=1S/C9H12ClN3.ClH/c10-8-5-11-2-1-7(8)9-6-12-3-4-13-9;/h1-2,5,9,12-13H,3-4,6H2;1H/t9-;/m1./s1. The van der Waals surface area contributed by atoms with E-state index in [1.807, 2.05) is 6.07 Å². The molecule has 0 radical (unpaired) electrons. The molecule has 2 rings (SSSR count). The molecular weight excluding hydrogens is 221 g/mol. The predicted octanol–water partition coefficient (Wildman–Crippen LogP) is 1.39. The largest absolute Gasteiger partial charge is 0.314 e. The lowest BCUT2D eigenvalue weighted by Crippen LogP contribution is -2.42. The van der Waals surface area contributed by atoms with Crippen molar-refractivity contribution in [3.05, 3.63) is 29.0 Å². The molecular formula is C9H13Cl2N3. The molecule has 2 heterocycles. The zero-order valence-corrected chi connectivity index (χ0v) is 9.24. The molecule has 1 aliphatic rings. The van der Waals surface area contributed by atoms with Gasteiger partial charge in [-0.2, -0.15) is 0 Å². The molecule has 1 aromatic rings. The molecule has 0 amide bonds.